The number of carbonyl (C=O) groups excluding carboxylic acids is 1. The van der Waals surface area contributed by atoms with Crippen LogP contribution in [0.3, 0.4) is 0 Å². The molecule has 34 heavy (non-hydrogen) atoms. The highest BCUT2D eigenvalue weighted by molar-refractivity contribution is 7.99. The molecule has 1 aromatic carbocycles. The maximum atomic E-state index is 13.2. The molecule has 1 atom stereocenters. The molecule has 9 heteroatoms. The Morgan fingerprint density at radius 1 is 1.09 bits per heavy atom. The Hall–Kier alpha value is -2.68. The molecule has 0 saturated heterocycles. The number of nitrogens with zero attached hydrogens (tertiary/aromatic N) is 3. The van der Waals surface area contributed by atoms with Crippen LogP contribution in [-0.2, 0) is 9.53 Å². The summed E-state index contributed by atoms with van der Waals surface area (Å²) in [6, 6.07) is 5.30. The van der Waals surface area contributed by atoms with Gasteiger partial charge in [0.05, 0.1) is 25.4 Å². The predicted octanol–water partition coefficient (Wildman–Crippen LogP) is 5.60. The maximum Gasteiger partial charge on any atom is 0.338 e. The summed E-state index contributed by atoms with van der Waals surface area (Å²) in [7, 11) is 0. The quantitative estimate of drug-likeness (QED) is 0.221. The van der Waals surface area contributed by atoms with Crippen molar-refractivity contribution in [2.45, 2.75) is 71.5 Å². The highest BCUT2D eigenvalue weighted by Crippen LogP contribution is 2.40. The first kappa shape index (κ1) is 25.9. The SMILES string of the molecule is CCCCOC(=O)C1=C(C)Nc2nc(SCCC)nn2C1c1ccc(OCCC)c(OCC)c1. The molecule has 1 N–H and O–H groups in total. The van der Waals surface area contributed by atoms with E-state index in [1.165, 1.54) is 0 Å². The highest BCUT2D eigenvalue weighted by Gasteiger charge is 2.35. The number of hydrogen-bond donors (Lipinski definition) is 1. The summed E-state index contributed by atoms with van der Waals surface area (Å²) in [5.74, 6) is 2.51. The molecule has 0 fully saturated rings. The second kappa shape index (κ2) is 12.7. The normalized spacial score (nSPS) is 15.0. The Balaban J connectivity index is 2.06. The molecule has 0 bridgehead atoms. The number of fused-ring (bicyclic) bond motifs is 1. The van der Waals surface area contributed by atoms with E-state index in [2.05, 4.69) is 31.1 Å². The molecule has 0 amide bonds. The molecule has 0 radical (unpaired) electrons. The molecule has 1 aliphatic heterocycles. The third-order valence-electron chi connectivity index (χ3n) is 5.26. The van der Waals surface area contributed by atoms with E-state index in [0.717, 1.165) is 37.0 Å². The van der Waals surface area contributed by atoms with Crippen molar-refractivity contribution in [3.05, 3.63) is 35.0 Å². The van der Waals surface area contributed by atoms with E-state index >= 15 is 0 Å². The van der Waals surface area contributed by atoms with Crippen LogP contribution in [0.25, 0.3) is 0 Å². The van der Waals surface area contributed by atoms with Gasteiger partial charge in [0.25, 0.3) is 0 Å². The Morgan fingerprint density at radius 3 is 2.62 bits per heavy atom. The Kier molecular flexibility index (Phi) is 9.68. The lowest BCUT2D eigenvalue weighted by Gasteiger charge is -2.28. The molecule has 1 unspecified atom stereocenters. The summed E-state index contributed by atoms with van der Waals surface area (Å²) in [6.45, 7) is 11.6. The number of hydrogen-bond acceptors (Lipinski definition) is 8. The fraction of sp³-hybridized carbons (Fsp3) is 0.560. The van der Waals surface area contributed by atoms with Crippen molar-refractivity contribution < 1.29 is 19.0 Å². The van der Waals surface area contributed by atoms with Crippen molar-refractivity contribution in [3.8, 4) is 11.5 Å². The number of ether oxygens (including phenoxy) is 3. The van der Waals surface area contributed by atoms with Gasteiger partial charge in [0.2, 0.25) is 11.1 Å². The maximum absolute atomic E-state index is 13.2. The summed E-state index contributed by atoms with van der Waals surface area (Å²) >= 11 is 1.60. The predicted molar refractivity (Wildman–Crippen MR) is 135 cm³/mol. The lowest BCUT2D eigenvalue weighted by atomic mass is 9.95. The van der Waals surface area contributed by atoms with Crippen LogP contribution in [0.4, 0.5) is 5.95 Å². The first-order chi connectivity index (χ1) is 16.5. The van der Waals surface area contributed by atoms with E-state index < -0.39 is 6.04 Å². The Morgan fingerprint density at radius 2 is 1.91 bits per heavy atom. The molecular weight excluding hydrogens is 452 g/mol. The van der Waals surface area contributed by atoms with Crippen molar-refractivity contribution in [2.75, 3.05) is 30.9 Å². The molecule has 3 rings (SSSR count). The summed E-state index contributed by atoms with van der Waals surface area (Å²) in [4.78, 5) is 17.9. The van der Waals surface area contributed by atoms with E-state index in [1.54, 1.807) is 16.4 Å². The summed E-state index contributed by atoms with van der Waals surface area (Å²) < 4.78 is 19.2. The molecule has 186 valence electrons. The third kappa shape index (κ3) is 6.05. The van der Waals surface area contributed by atoms with E-state index in [1.807, 2.05) is 32.0 Å². The van der Waals surface area contributed by atoms with Crippen LogP contribution < -0.4 is 14.8 Å². The second-order valence-corrected chi connectivity index (χ2v) is 9.12. The van der Waals surface area contributed by atoms with Crippen LogP contribution in [0, 0.1) is 0 Å². The van der Waals surface area contributed by atoms with E-state index in [4.69, 9.17) is 19.3 Å². The zero-order valence-electron chi connectivity index (χ0n) is 20.8. The zero-order valence-corrected chi connectivity index (χ0v) is 21.7. The number of carbonyl (C=O) groups is 1. The minimum Gasteiger partial charge on any atom is -0.490 e. The summed E-state index contributed by atoms with van der Waals surface area (Å²) in [5.41, 5.74) is 2.08. The van der Waals surface area contributed by atoms with Gasteiger partial charge in [0.1, 0.15) is 6.04 Å². The molecule has 0 spiro atoms. The van der Waals surface area contributed by atoms with Crippen LogP contribution in [0.5, 0.6) is 11.5 Å². The van der Waals surface area contributed by atoms with Crippen LogP contribution >= 0.6 is 11.8 Å². The topological polar surface area (TPSA) is 87.5 Å². The number of allylic oxidation sites excluding steroid dienone is 1. The number of unbranched alkanes of at least 4 members (excludes halogenated alkanes) is 1. The first-order valence-corrected chi connectivity index (χ1v) is 13.2. The van der Waals surface area contributed by atoms with Crippen molar-refractivity contribution >= 4 is 23.7 Å². The Labute approximate surface area is 206 Å². The fourth-order valence-electron chi connectivity index (χ4n) is 3.64. The molecule has 0 aliphatic carbocycles. The van der Waals surface area contributed by atoms with E-state index in [9.17, 15) is 4.79 Å². The van der Waals surface area contributed by atoms with Crippen molar-refractivity contribution in [1.29, 1.82) is 0 Å². The van der Waals surface area contributed by atoms with Gasteiger partial charge in [0.15, 0.2) is 11.5 Å². The lowest BCUT2D eigenvalue weighted by molar-refractivity contribution is -0.139. The monoisotopic (exact) mass is 488 g/mol. The van der Waals surface area contributed by atoms with Gasteiger partial charge in [-0.15, -0.1) is 5.10 Å². The highest BCUT2D eigenvalue weighted by atomic mass is 32.2. The van der Waals surface area contributed by atoms with Gasteiger partial charge in [-0.2, -0.15) is 4.98 Å². The minimum absolute atomic E-state index is 0.350. The van der Waals surface area contributed by atoms with Gasteiger partial charge in [-0.3, -0.25) is 0 Å². The number of esters is 1. The largest absolute Gasteiger partial charge is 0.490 e. The first-order valence-electron chi connectivity index (χ1n) is 12.2. The molecule has 1 aliphatic rings. The van der Waals surface area contributed by atoms with E-state index in [-0.39, 0.29) is 5.97 Å². The number of aromatic nitrogens is 3. The zero-order chi connectivity index (χ0) is 24.5. The van der Waals surface area contributed by atoms with Gasteiger partial charge < -0.3 is 19.5 Å². The number of nitrogens with one attached hydrogen (secondary N) is 1. The fourth-order valence-corrected chi connectivity index (χ4v) is 4.32. The molecule has 1 aromatic heterocycles. The third-order valence-corrected chi connectivity index (χ3v) is 6.31. The average Bonchev–Trinajstić information content (AvgIpc) is 3.23. The molecule has 2 heterocycles. The summed E-state index contributed by atoms with van der Waals surface area (Å²) in [6.07, 6.45) is 3.70. The smallest absolute Gasteiger partial charge is 0.338 e. The molecule has 0 saturated carbocycles. The van der Waals surface area contributed by atoms with Gasteiger partial charge in [0, 0.05) is 11.4 Å². The standard InChI is InChI=1S/C25H36N4O4S/c1-6-10-14-33-23(30)21-17(5)26-24-27-25(34-15-8-3)28-29(24)22(21)18-11-12-19(32-13-7-2)20(16-18)31-9-4/h11-12,16,22H,6-10,13-15H2,1-5H3,(H,26,27,28). The number of anilines is 1. The van der Waals surface area contributed by atoms with Crippen molar-refractivity contribution in [2.24, 2.45) is 0 Å². The molecule has 2 aromatic rings. The van der Waals surface area contributed by atoms with Gasteiger partial charge in [-0.1, -0.05) is 45.0 Å². The van der Waals surface area contributed by atoms with Gasteiger partial charge in [-0.05, 0) is 50.8 Å². The molecular formula is C25H36N4O4S. The van der Waals surface area contributed by atoms with E-state index in [0.29, 0.717) is 53.7 Å². The number of thioether (sulfide) groups is 1. The van der Waals surface area contributed by atoms with Crippen LogP contribution in [0.1, 0.15) is 71.9 Å². The van der Waals surface area contributed by atoms with Crippen molar-refractivity contribution in [3.63, 3.8) is 0 Å². The second-order valence-electron chi connectivity index (χ2n) is 8.05. The summed E-state index contributed by atoms with van der Waals surface area (Å²) in [5, 5.41) is 8.68. The Bertz CT molecular complexity index is 1000. The number of rotatable bonds is 13. The lowest BCUT2D eigenvalue weighted by Crippen LogP contribution is -2.30. The van der Waals surface area contributed by atoms with Crippen LogP contribution in [-0.4, -0.2) is 46.3 Å². The number of benzene rings is 1. The van der Waals surface area contributed by atoms with Crippen molar-refractivity contribution in [1.82, 2.24) is 14.8 Å². The average molecular weight is 489 g/mol. The van der Waals surface area contributed by atoms with Crippen LogP contribution in [0.2, 0.25) is 0 Å². The van der Waals surface area contributed by atoms with Gasteiger partial charge in [-0.25, -0.2) is 9.48 Å². The van der Waals surface area contributed by atoms with Crippen LogP contribution in [0.15, 0.2) is 34.6 Å². The van der Waals surface area contributed by atoms with Gasteiger partial charge >= 0.3 is 5.97 Å². The minimum atomic E-state index is -0.492. The molecule has 8 nitrogen and oxygen atoms in total.